The zero-order valence-electron chi connectivity index (χ0n) is 18.2. The molecule has 3 unspecified atom stereocenters. The van der Waals surface area contributed by atoms with Gasteiger partial charge in [-0.25, -0.2) is 4.68 Å². The first kappa shape index (κ1) is 21.1. The van der Waals surface area contributed by atoms with Gasteiger partial charge in [0.2, 0.25) is 0 Å². The Hall–Kier alpha value is -2.81. The van der Waals surface area contributed by atoms with Crippen molar-refractivity contribution < 1.29 is 19.3 Å². The SMILES string of the molecule is Cc1cccc(-c2ccn(-c3cc(C4CCOCC4O)nc(OCC4CCCO4)n3)n2)c1. The van der Waals surface area contributed by atoms with E-state index in [2.05, 4.69) is 29.0 Å². The molecule has 0 radical (unpaired) electrons. The molecule has 8 nitrogen and oxygen atoms in total. The zero-order chi connectivity index (χ0) is 21.9. The van der Waals surface area contributed by atoms with E-state index >= 15 is 0 Å². The Balaban J connectivity index is 1.46. The molecule has 4 heterocycles. The molecule has 32 heavy (non-hydrogen) atoms. The summed E-state index contributed by atoms with van der Waals surface area (Å²) in [7, 11) is 0. The Morgan fingerprint density at radius 1 is 1.16 bits per heavy atom. The lowest BCUT2D eigenvalue weighted by Gasteiger charge is -2.27. The average molecular weight is 437 g/mol. The summed E-state index contributed by atoms with van der Waals surface area (Å²) < 4.78 is 18.7. The summed E-state index contributed by atoms with van der Waals surface area (Å²) in [5.41, 5.74) is 3.83. The summed E-state index contributed by atoms with van der Waals surface area (Å²) in [5.74, 6) is 0.470. The maximum atomic E-state index is 10.5. The first-order valence-corrected chi connectivity index (χ1v) is 11.2. The van der Waals surface area contributed by atoms with Gasteiger partial charge in [0.1, 0.15) is 6.61 Å². The normalized spacial score (nSPS) is 23.4. The Morgan fingerprint density at radius 3 is 2.91 bits per heavy atom. The summed E-state index contributed by atoms with van der Waals surface area (Å²) in [6.45, 7) is 4.13. The highest BCUT2D eigenvalue weighted by Crippen LogP contribution is 2.29. The van der Waals surface area contributed by atoms with E-state index in [1.165, 1.54) is 5.56 Å². The maximum absolute atomic E-state index is 10.5. The van der Waals surface area contributed by atoms with Crippen molar-refractivity contribution >= 4 is 0 Å². The van der Waals surface area contributed by atoms with Gasteiger partial charge in [0, 0.05) is 37.0 Å². The van der Waals surface area contributed by atoms with E-state index in [0.29, 0.717) is 32.1 Å². The zero-order valence-corrected chi connectivity index (χ0v) is 18.2. The van der Waals surface area contributed by atoms with Gasteiger partial charge in [0.25, 0.3) is 0 Å². The molecule has 1 N–H and O–H groups in total. The third-order valence-corrected chi connectivity index (χ3v) is 5.98. The van der Waals surface area contributed by atoms with E-state index in [4.69, 9.17) is 19.3 Å². The molecule has 3 aromatic rings. The second-order valence-electron chi connectivity index (χ2n) is 8.43. The number of hydrogen-bond donors (Lipinski definition) is 1. The van der Waals surface area contributed by atoms with Gasteiger partial charge in [-0.1, -0.05) is 23.8 Å². The summed E-state index contributed by atoms with van der Waals surface area (Å²) in [5, 5.41) is 15.2. The van der Waals surface area contributed by atoms with E-state index < -0.39 is 6.10 Å². The largest absolute Gasteiger partial charge is 0.461 e. The number of nitrogens with zero attached hydrogens (tertiary/aromatic N) is 4. The van der Waals surface area contributed by atoms with Gasteiger partial charge < -0.3 is 19.3 Å². The van der Waals surface area contributed by atoms with E-state index in [1.54, 1.807) is 4.68 Å². The smallest absolute Gasteiger partial charge is 0.318 e. The number of aliphatic hydroxyl groups excluding tert-OH is 1. The fourth-order valence-corrected chi connectivity index (χ4v) is 4.22. The molecule has 2 aliphatic rings. The van der Waals surface area contributed by atoms with Crippen LogP contribution in [0, 0.1) is 6.92 Å². The molecule has 2 fully saturated rings. The third-order valence-electron chi connectivity index (χ3n) is 5.98. The molecule has 0 amide bonds. The molecule has 0 bridgehead atoms. The van der Waals surface area contributed by atoms with Crippen molar-refractivity contribution in [1.29, 1.82) is 0 Å². The van der Waals surface area contributed by atoms with E-state index in [-0.39, 0.29) is 18.0 Å². The molecule has 1 aromatic carbocycles. The molecule has 2 saturated heterocycles. The lowest BCUT2D eigenvalue weighted by Crippen LogP contribution is -2.31. The van der Waals surface area contributed by atoms with Crippen LogP contribution in [0.5, 0.6) is 6.01 Å². The van der Waals surface area contributed by atoms with Crippen LogP contribution < -0.4 is 4.74 Å². The number of aromatic nitrogens is 4. The fourth-order valence-electron chi connectivity index (χ4n) is 4.22. The lowest BCUT2D eigenvalue weighted by molar-refractivity contribution is -0.0216. The topological polar surface area (TPSA) is 91.5 Å². The molecule has 8 heteroatoms. The number of aryl methyl sites for hydroxylation is 1. The molecule has 2 aliphatic heterocycles. The minimum Gasteiger partial charge on any atom is -0.461 e. The number of hydrogen-bond acceptors (Lipinski definition) is 7. The fraction of sp³-hybridized carbons (Fsp3) is 0.458. The summed E-state index contributed by atoms with van der Waals surface area (Å²) in [6, 6.07) is 12.4. The molecule has 5 rings (SSSR count). The molecule has 2 aromatic heterocycles. The highest BCUT2D eigenvalue weighted by atomic mass is 16.5. The highest BCUT2D eigenvalue weighted by molar-refractivity contribution is 5.59. The molecule has 0 spiro atoms. The molecular formula is C24H28N4O4. The molecule has 0 saturated carbocycles. The van der Waals surface area contributed by atoms with Crippen molar-refractivity contribution in [2.75, 3.05) is 26.4 Å². The van der Waals surface area contributed by atoms with Crippen molar-refractivity contribution in [3.63, 3.8) is 0 Å². The van der Waals surface area contributed by atoms with E-state index in [1.807, 2.05) is 30.5 Å². The van der Waals surface area contributed by atoms with E-state index in [9.17, 15) is 5.11 Å². The van der Waals surface area contributed by atoms with Crippen LogP contribution in [0.15, 0.2) is 42.6 Å². The first-order chi connectivity index (χ1) is 15.7. The molecule has 0 aliphatic carbocycles. The Labute approximate surface area is 187 Å². The average Bonchev–Trinajstić information content (AvgIpc) is 3.50. The maximum Gasteiger partial charge on any atom is 0.318 e. The first-order valence-electron chi connectivity index (χ1n) is 11.2. The molecule has 3 atom stereocenters. The van der Waals surface area contributed by atoms with Crippen LogP contribution in [0.3, 0.4) is 0 Å². The van der Waals surface area contributed by atoms with Crippen LogP contribution in [0.4, 0.5) is 0 Å². The Kier molecular flexibility index (Phi) is 6.16. The monoisotopic (exact) mass is 436 g/mol. The summed E-state index contributed by atoms with van der Waals surface area (Å²) >= 11 is 0. The van der Waals surface area contributed by atoms with Crippen LogP contribution in [-0.4, -0.2) is 63.5 Å². The van der Waals surface area contributed by atoms with Gasteiger partial charge in [-0.2, -0.15) is 15.1 Å². The summed E-state index contributed by atoms with van der Waals surface area (Å²) in [6.07, 6.45) is 4.05. The number of ether oxygens (including phenoxy) is 3. The standard InChI is InChI=1S/C24H28N4O4/c1-16-4-2-5-17(12-16)20-7-9-28(27-20)23-13-21(19-8-11-30-15-22(19)29)25-24(26-23)32-14-18-6-3-10-31-18/h2,4-5,7,9,12-13,18-19,22,29H,3,6,8,10-11,14-15H2,1H3. The Bertz CT molecular complexity index is 1060. The van der Waals surface area contributed by atoms with Crippen molar-refractivity contribution in [2.45, 2.75) is 44.3 Å². The Morgan fingerprint density at radius 2 is 2.09 bits per heavy atom. The van der Waals surface area contributed by atoms with E-state index in [0.717, 1.165) is 36.4 Å². The minimum absolute atomic E-state index is 0.0667. The predicted octanol–water partition coefficient (Wildman–Crippen LogP) is 3.06. The minimum atomic E-state index is -0.613. The van der Waals surface area contributed by atoms with Crippen molar-refractivity contribution in [2.24, 2.45) is 0 Å². The highest BCUT2D eigenvalue weighted by Gasteiger charge is 2.28. The van der Waals surface area contributed by atoms with Crippen LogP contribution >= 0.6 is 0 Å². The van der Waals surface area contributed by atoms with Crippen molar-refractivity contribution in [3.8, 4) is 23.1 Å². The van der Waals surface area contributed by atoms with Gasteiger partial charge in [0.05, 0.1) is 30.2 Å². The van der Waals surface area contributed by atoms with Crippen molar-refractivity contribution in [3.05, 3.63) is 53.9 Å². The molecule has 168 valence electrons. The van der Waals surface area contributed by atoms with Gasteiger partial charge in [-0.3, -0.25) is 0 Å². The summed E-state index contributed by atoms with van der Waals surface area (Å²) in [4.78, 5) is 9.23. The lowest BCUT2D eigenvalue weighted by atomic mass is 9.93. The second kappa shape index (κ2) is 9.36. The van der Waals surface area contributed by atoms with Crippen LogP contribution in [0.2, 0.25) is 0 Å². The second-order valence-corrected chi connectivity index (χ2v) is 8.43. The van der Waals surface area contributed by atoms with Gasteiger partial charge >= 0.3 is 6.01 Å². The van der Waals surface area contributed by atoms with Gasteiger partial charge in [0.15, 0.2) is 5.82 Å². The van der Waals surface area contributed by atoms with Crippen LogP contribution in [0.25, 0.3) is 17.1 Å². The van der Waals surface area contributed by atoms with Crippen LogP contribution in [-0.2, 0) is 9.47 Å². The van der Waals surface area contributed by atoms with Gasteiger partial charge in [-0.05, 0) is 38.3 Å². The van der Waals surface area contributed by atoms with Crippen LogP contribution in [0.1, 0.15) is 36.4 Å². The number of aliphatic hydroxyl groups is 1. The number of rotatable bonds is 6. The third kappa shape index (κ3) is 4.67. The predicted molar refractivity (Wildman–Crippen MR) is 118 cm³/mol. The molecular weight excluding hydrogens is 408 g/mol. The quantitative estimate of drug-likeness (QED) is 0.635. The van der Waals surface area contributed by atoms with Crippen molar-refractivity contribution in [1.82, 2.24) is 19.7 Å². The number of benzene rings is 1. The van der Waals surface area contributed by atoms with Gasteiger partial charge in [-0.15, -0.1) is 0 Å².